The van der Waals surface area contributed by atoms with Crippen LogP contribution in [0.3, 0.4) is 0 Å². The maximum Gasteiger partial charge on any atom is 0.407 e. The molecule has 13 heteroatoms. The number of aliphatic hydroxyl groups is 1. The fourth-order valence-electron chi connectivity index (χ4n) is 6.96. The summed E-state index contributed by atoms with van der Waals surface area (Å²) in [7, 11) is -4.01. The molecule has 6 rings (SSSR count). The highest BCUT2D eigenvalue weighted by atomic mass is 32.2. The first-order valence-electron chi connectivity index (χ1n) is 17.3. The Labute approximate surface area is 287 Å². The molecule has 3 aliphatic rings. The van der Waals surface area contributed by atoms with Gasteiger partial charge in [0, 0.05) is 31.5 Å². The number of nitrogens with zero attached hydrogens (tertiary/aromatic N) is 2. The lowest BCUT2D eigenvalue weighted by molar-refractivity contribution is -0.179. The second kappa shape index (κ2) is 15.8. The Kier molecular flexibility index (Phi) is 11.5. The van der Waals surface area contributed by atoms with Gasteiger partial charge in [-0.1, -0.05) is 74.8 Å². The molecule has 3 N–H and O–H groups in total. The van der Waals surface area contributed by atoms with Crippen molar-refractivity contribution in [3.63, 3.8) is 0 Å². The maximum atomic E-state index is 14.2. The summed E-state index contributed by atoms with van der Waals surface area (Å²) in [6.45, 7) is 4.86. The minimum absolute atomic E-state index is 0.00833. The van der Waals surface area contributed by atoms with Crippen LogP contribution in [-0.4, -0.2) is 85.8 Å². The van der Waals surface area contributed by atoms with E-state index >= 15 is 0 Å². The minimum Gasteiger partial charge on any atom is -0.446 e. The smallest absolute Gasteiger partial charge is 0.407 e. The highest BCUT2D eigenvalue weighted by Gasteiger charge is 2.41. The van der Waals surface area contributed by atoms with Crippen LogP contribution in [0.2, 0.25) is 0 Å². The number of hydrogen-bond donors (Lipinski definition) is 3. The van der Waals surface area contributed by atoms with Gasteiger partial charge in [-0.25, -0.2) is 18.2 Å². The molecule has 3 fully saturated rings. The molecule has 0 bridgehead atoms. The Balaban J connectivity index is 1.19. The van der Waals surface area contributed by atoms with Crippen LogP contribution in [0.4, 0.5) is 9.93 Å². The normalized spacial score (nSPS) is 23.2. The number of sulfonamides is 1. The number of aliphatic hydroxyl groups excluding tert-OH is 1. The largest absolute Gasteiger partial charge is 0.446 e. The Morgan fingerprint density at radius 2 is 1.79 bits per heavy atom. The quantitative estimate of drug-likeness (QED) is 0.210. The lowest BCUT2D eigenvalue weighted by Crippen LogP contribution is -2.52. The third kappa shape index (κ3) is 8.67. The minimum atomic E-state index is -4.01. The van der Waals surface area contributed by atoms with Gasteiger partial charge >= 0.3 is 6.09 Å². The SMILES string of the molecule is CC(C)CN(C[C@@H](O)[C@H](Cc1ccccc1)NC(=O)O[C@H]1CCO[C@H]2OCC[C@H]21)S(=O)(=O)c1ccc2nc(NC3CCCCC3)sc2c1. The van der Waals surface area contributed by atoms with Gasteiger partial charge in [0.1, 0.15) is 6.10 Å². The van der Waals surface area contributed by atoms with E-state index in [2.05, 4.69) is 10.6 Å². The van der Waals surface area contributed by atoms with Crippen LogP contribution in [0.5, 0.6) is 0 Å². The number of carbonyl (C=O) groups is 1. The first kappa shape index (κ1) is 35.0. The number of thiazole rings is 1. The van der Waals surface area contributed by atoms with E-state index in [0.29, 0.717) is 32.1 Å². The van der Waals surface area contributed by atoms with Gasteiger partial charge in [0.15, 0.2) is 11.4 Å². The monoisotopic (exact) mass is 700 g/mol. The molecule has 262 valence electrons. The summed E-state index contributed by atoms with van der Waals surface area (Å²) in [4.78, 5) is 18.1. The predicted molar refractivity (Wildman–Crippen MR) is 185 cm³/mol. The number of nitrogens with one attached hydrogen (secondary N) is 2. The van der Waals surface area contributed by atoms with Crippen LogP contribution in [0, 0.1) is 11.8 Å². The van der Waals surface area contributed by atoms with Crippen LogP contribution < -0.4 is 10.6 Å². The van der Waals surface area contributed by atoms with Gasteiger partial charge in [0.05, 0.1) is 40.5 Å². The molecule has 2 aromatic carbocycles. The van der Waals surface area contributed by atoms with Gasteiger partial charge in [-0.2, -0.15) is 4.31 Å². The zero-order chi connectivity index (χ0) is 33.7. The fourth-order valence-corrected chi connectivity index (χ4v) is 9.66. The van der Waals surface area contributed by atoms with Crippen molar-refractivity contribution in [1.82, 2.24) is 14.6 Å². The van der Waals surface area contributed by atoms with Crippen LogP contribution >= 0.6 is 11.3 Å². The number of aromatic nitrogens is 1. The van der Waals surface area contributed by atoms with Gasteiger partial charge in [-0.05, 0) is 55.4 Å². The second-order valence-electron chi connectivity index (χ2n) is 13.6. The molecule has 5 atom stereocenters. The van der Waals surface area contributed by atoms with Crippen LogP contribution in [-0.2, 0) is 30.7 Å². The molecule has 11 nitrogen and oxygen atoms in total. The van der Waals surface area contributed by atoms with Crippen molar-refractivity contribution in [3.05, 3.63) is 54.1 Å². The first-order chi connectivity index (χ1) is 23.2. The Morgan fingerprint density at radius 3 is 2.54 bits per heavy atom. The molecule has 1 aromatic heterocycles. The number of hydrogen-bond acceptors (Lipinski definition) is 10. The molecule has 3 aromatic rings. The van der Waals surface area contributed by atoms with Crippen LogP contribution in [0.25, 0.3) is 10.2 Å². The fraction of sp³-hybridized carbons (Fsp3) is 0.600. The average molecular weight is 701 g/mol. The van der Waals surface area contributed by atoms with Crippen molar-refractivity contribution in [2.24, 2.45) is 11.8 Å². The lowest BCUT2D eigenvalue weighted by atomic mass is 9.95. The summed E-state index contributed by atoms with van der Waals surface area (Å²) in [5, 5.41) is 18.9. The summed E-state index contributed by atoms with van der Waals surface area (Å²) in [6.07, 6.45) is 4.89. The van der Waals surface area contributed by atoms with E-state index in [0.717, 1.165) is 40.2 Å². The molecule has 1 saturated carbocycles. The van der Waals surface area contributed by atoms with Crippen molar-refractivity contribution in [2.45, 2.75) is 101 Å². The van der Waals surface area contributed by atoms with E-state index in [1.165, 1.54) is 34.9 Å². The molecule has 0 spiro atoms. The zero-order valence-electron chi connectivity index (χ0n) is 27.8. The van der Waals surface area contributed by atoms with E-state index in [9.17, 15) is 18.3 Å². The van der Waals surface area contributed by atoms with Crippen LogP contribution in [0.1, 0.15) is 64.4 Å². The molecule has 3 heterocycles. The number of anilines is 1. The number of alkyl carbamates (subject to hydrolysis) is 1. The van der Waals surface area contributed by atoms with Crippen molar-refractivity contribution in [1.29, 1.82) is 0 Å². The third-order valence-corrected chi connectivity index (χ3v) is 12.2. The highest BCUT2D eigenvalue weighted by molar-refractivity contribution is 7.89. The second-order valence-corrected chi connectivity index (χ2v) is 16.6. The lowest BCUT2D eigenvalue weighted by Gasteiger charge is -2.33. The van der Waals surface area contributed by atoms with Crippen molar-refractivity contribution >= 4 is 42.8 Å². The topological polar surface area (TPSA) is 139 Å². The van der Waals surface area contributed by atoms with Gasteiger partial charge in [0.2, 0.25) is 10.0 Å². The average Bonchev–Trinajstić information content (AvgIpc) is 3.72. The number of ether oxygens (including phenoxy) is 3. The molecular weight excluding hydrogens is 653 g/mol. The molecule has 1 amide bonds. The van der Waals surface area contributed by atoms with Gasteiger partial charge in [-0.15, -0.1) is 0 Å². The van der Waals surface area contributed by atoms with Crippen molar-refractivity contribution < 1.29 is 32.5 Å². The summed E-state index contributed by atoms with van der Waals surface area (Å²) in [5.74, 6) is -0.0466. The highest BCUT2D eigenvalue weighted by Crippen LogP contribution is 2.33. The van der Waals surface area contributed by atoms with Crippen LogP contribution in [0.15, 0.2) is 53.4 Å². The Hall–Kier alpha value is -2.81. The number of amides is 1. The van der Waals surface area contributed by atoms with E-state index in [1.807, 2.05) is 44.2 Å². The summed E-state index contributed by atoms with van der Waals surface area (Å²) in [6, 6.07) is 14.1. The number of rotatable bonds is 13. The van der Waals surface area contributed by atoms with Crippen molar-refractivity contribution in [2.75, 3.05) is 31.6 Å². The maximum absolute atomic E-state index is 14.2. The van der Waals surface area contributed by atoms with E-state index < -0.39 is 28.3 Å². The molecule has 1 aliphatic carbocycles. The Bertz CT molecular complexity index is 1610. The molecule has 2 aliphatic heterocycles. The predicted octanol–water partition coefficient (Wildman–Crippen LogP) is 5.54. The Morgan fingerprint density at radius 1 is 1.04 bits per heavy atom. The summed E-state index contributed by atoms with van der Waals surface area (Å²) < 4.78 is 47.6. The molecule has 0 radical (unpaired) electrons. The van der Waals surface area contributed by atoms with E-state index in [4.69, 9.17) is 19.2 Å². The number of fused-ring (bicyclic) bond motifs is 2. The van der Waals surface area contributed by atoms with Crippen molar-refractivity contribution in [3.8, 4) is 0 Å². The molecular formula is C35H48N4O7S2. The number of carbonyl (C=O) groups excluding carboxylic acids is 1. The first-order valence-corrected chi connectivity index (χ1v) is 19.5. The van der Waals surface area contributed by atoms with Gasteiger partial charge in [0.25, 0.3) is 0 Å². The molecule has 0 unspecified atom stereocenters. The van der Waals surface area contributed by atoms with Gasteiger partial charge < -0.3 is 30.0 Å². The summed E-state index contributed by atoms with van der Waals surface area (Å²) in [5.41, 5.74) is 1.64. The summed E-state index contributed by atoms with van der Waals surface area (Å²) >= 11 is 1.46. The van der Waals surface area contributed by atoms with E-state index in [1.54, 1.807) is 18.2 Å². The zero-order valence-corrected chi connectivity index (χ0v) is 29.4. The van der Waals surface area contributed by atoms with E-state index in [-0.39, 0.29) is 42.2 Å². The standard InChI is InChI=1S/C35H48N4O7S2/c1-23(2)21-39(48(42,43)26-13-14-28-32(20-26)47-34(37-28)36-25-11-7-4-8-12-25)22-30(40)29(19-24-9-5-3-6-10-24)38-35(41)46-31-16-18-45-33-27(31)15-17-44-33/h3,5-6,9-10,13-14,20,23,25,27,29-31,33,40H,4,7-8,11-12,15-19,21-22H2,1-2H3,(H,36,37)(H,38,41)/t27-,29-,30+,31-,33+/m0/s1. The number of benzene rings is 2. The molecule has 2 saturated heterocycles. The van der Waals surface area contributed by atoms with Gasteiger partial charge in [-0.3, -0.25) is 0 Å². The molecule has 48 heavy (non-hydrogen) atoms. The third-order valence-electron chi connectivity index (χ3n) is 9.46.